The molecule has 7 nitrogen and oxygen atoms in total. The topological polar surface area (TPSA) is 97.4 Å². The molecule has 10 heteroatoms. The van der Waals surface area contributed by atoms with Gasteiger partial charge in [0.1, 0.15) is 5.75 Å². The van der Waals surface area contributed by atoms with E-state index in [0.717, 1.165) is 21.9 Å². The van der Waals surface area contributed by atoms with Crippen molar-refractivity contribution in [3.63, 3.8) is 0 Å². The number of carbonyl (C=O) groups excluding carboxylic acids is 1. The Hall–Kier alpha value is -3.34. The first kappa shape index (κ1) is 24.8. The van der Waals surface area contributed by atoms with Crippen molar-refractivity contribution < 1.29 is 17.9 Å². The van der Waals surface area contributed by atoms with E-state index in [2.05, 4.69) is 15.0 Å². The summed E-state index contributed by atoms with van der Waals surface area (Å²) >= 11 is 2.73. The second-order valence-corrected chi connectivity index (χ2v) is 11.4. The summed E-state index contributed by atoms with van der Waals surface area (Å²) in [5.74, 6) is 0.570. The van der Waals surface area contributed by atoms with Crippen LogP contribution in [0.5, 0.6) is 5.75 Å². The maximum atomic E-state index is 12.7. The van der Waals surface area contributed by atoms with E-state index in [-0.39, 0.29) is 16.1 Å². The molecular weight excluding hydrogens is 502 g/mol. The zero-order valence-corrected chi connectivity index (χ0v) is 21.4. The fourth-order valence-corrected chi connectivity index (χ4v) is 5.80. The number of rotatable bonds is 9. The number of benzene rings is 3. The standard InChI is InChI=1S/C25H23N3O4S3/c1-17(24(29)27-25-26-23(16-33-25)18-7-6-8-20(15-18)32-2)34-21-13-11-19(12-14-21)28-35(30,31)22-9-4-3-5-10-22/h3-17,28H,1-2H3,(H,26,27,29). The zero-order valence-electron chi connectivity index (χ0n) is 19.0. The molecule has 1 heterocycles. The van der Waals surface area contributed by atoms with Gasteiger partial charge in [-0.15, -0.1) is 23.1 Å². The van der Waals surface area contributed by atoms with E-state index in [9.17, 15) is 13.2 Å². The summed E-state index contributed by atoms with van der Waals surface area (Å²) < 4.78 is 32.8. The highest BCUT2D eigenvalue weighted by Crippen LogP contribution is 2.29. The van der Waals surface area contributed by atoms with Crippen LogP contribution < -0.4 is 14.8 Å². The van der Waals surface area contributed by atoms with Gasteiger partial charge in [-0.3, -0.25) is 9.52 Å². The normalized spacial score (nSPS) is 12.1. The Morgan fingerprint density at radius 2 is 1.77 bits per heavy atom. The van der Waals surface area contributed by atoms with E-state index >= 15 is 0 Å². The monoisotopic (exact) mass is 525 g/mol. The number of hydrogen-bond acceptors (Lipinski definition) is 7. The van der Waals surface area contributed by atoms with Gasteiger partial charge in [-0.2, -0.15) is 0 Å². The van der Waals surface area contributed by atoms with E-state index in [1.54, 1.807) is 49.6 Å². The van der Waals surface area contributed by atoms with Crippen molar-refractivity contribution in [3.8, 4) is 17.0 Å². The molecule has 1 atom stereocenters. The number of thioether (sulfide) groups is 1. The van der Waals surface area contributed by atoms with Gasteiger partial charge in [-0.05, 0) is 55.5 Å². The van der Waals surface area contributed by atoms with Crippen LogP contribution >= 0.6 is 23.1 Å². The fraction of sp³-hybridized carbons (Fsp3) is 0.120. The van der Waals surface area contributed by atoms with Gasteiger partial charge in [-0.1, -0.05) is 30.3 Å². The molecule has 2 N–H and O–H groups in total. The first-order valence-corrected chi connectivity index (χ1v) is 13.8. The second kappa shape index (κ2) is 10.9. The average Bonchev–Trinajstić information content (AvgIpc) is 3.34. The lowest BCUT2D eigenvalue weighted by molar-refractivity contribution is -0.115. The third-order valence-electron chi connectivity index (χ3n) is 4.94. The van der Waals surface area contributed by atoms with Crippen LogP contribution in [0.2, 0.25) is 0 Å². The number of carbonyl (C=O) groups is 1. The van der Waals surface area contributed by atoms with E-state index < -0.39 is 10.0 Å². The lowest BCUT2D eigenvalue weighted by atomic mass is 10.2. The predicted octanol–water partition coefficient (Wildman–Crippen LogP) is 5.74. The van der Waals surface area contributed by atoms with Gasteiger partial charge >= 0.3 is 0 Å². The smallest absolute Gasteiger partial charge is 0.261 e. The number of nitrogens with one attached hydrogen (secondary N) is 2. The van der Waals surface area contributed by atoms with Crippen LogP contribution in [0.1, 0.15) is 6.92 Å². The van der Waals surface area contributed by atoms with E-state index in [1.165, 1.54) is 35.2 Å². The number of methoxy groups -OCH3 is 1. The quantitative estimate of drug-likeness (QED) is 0.271. The van der Waals surface area contributed by atoms with Gasteiger partial charge in [0.15, 0.2) is 5.13 Å². The van der Waals surface area contributed by atoms with Gasteiger partial charge in [0.2, 0.25) is 5.91 Å². The number of hydrogen-bond donors (Lipinski definition) is 2. The predicted molar refractivity (Wildman–Crippen MR) is 142 cm³/mol. The molecule has 35 heavy (non-hydrogen) atoms. The molecule has 180 valence electrons. The molecule has 0 aliphatic carbocycles. The summed E-state index contributed by atoms with van der Waals surface area (Å²) in [7, 11) is -2.04. The highest BCUT2D eigenvalue weighted by atomic mass is 32.2. The largest absolute Gasteiger partial charge is 0.497 e. The molecule has 0 aliphatic heterocycles. The summed E-state index contributed by atoms with van der Waals surface area (Å²) in [5.41, 5.74) is 2.12. The van der Waals surface area contributed by atoms with Crippen molar-refractivity contribution in [2.45, 2.75) is 22.0 Å². The number of anilines is 2. The Morgan fingerprint density at radius 3 is 2.49 bits per heavy atom. The Kier molecular flexibility index (Phi) is 7.74. The van der Waals surface area contributed by atoms with Gasteiger partial charge in [0.05, 0.1) is 22.9 Å². The molecule has 0 radical (unpaired) electrons. The van der Waals surface area contributed by atoms with E-state index in [4.69, 9.17) is 4.74 Å². The van der Waals surface area contributed by atoms with Crippen LogP contribution in [-0.2, 0) is 14.8 Å². The molecule has 0 saturated carbocycles. The summed E-state index contributed by atoms with van der Waals surface area (Å²) in [6, 6.07) is 22.7. The molecule has 3 aromatic carbocycles. The Morgan fingerprint density at radius 1 is 1.03 bits per heavy atom. The first-order chi connectivity index (χ1) is 16.8. The van der Waals surface area contributed by atoms with Crippen molar-refractivity contribution in [2.24, 2.45) is 0 Å². The fourth-order valence-electron chi connectivity index (χ4n) is 3.13. The van der Waals surface area contributed by atoms with Crippen LogP contribution in [0.4, 0.5) is 10.8 Å². The summed E-state index contributed by atoms with van der Waals surface area (Å²) in [5, 5.41) is 4.89. The molecule has 0 bridgehead atoms. The van der Waals surface area contributed by atoms with Crippen LogP contribution in [0.15, 0.2) is 94.0 Å². The Bertz CT molecular complexity index is 1410. The average molecular weight is 526 g/mol. The van der Waals surface area contributed by atoms with Crippen molar-refractivity contribution in [1.82, 2.24) is 4.98 Å². The zero-order chi connectivity index (χ0) is 24.8. The van der Waals surface area contributed by atoms with Gasteiger partial charge < -0.3 is 10.1 Å². The summed E-state index contributed by atoms with van der Waals surface area (Å²) in [6.07, 6.45) is 0. The number of aromatic nitrogens is 1. The molecule has 1 amide bonds. The van der Waals surface area contributed by atoms with E-state index in [0.29, 0.717) is 10.8 Å². The minimum absolute atomic E-state index is 0.171. The lowest BCUT2D eigenvalue weighted by Gasteiger charge is -2.12. The number of thiazole rings is 1. The molecule has 0 spiro atoms. The van der Waals surface area contributed by atoms with Gasteiger partial charge in [0.25, 0.3) is 10.0 Å². The minimum atomic E-state index is -3.65. The molecule has 4 aromatic rings. The number of amides is 1. The molecule has 1 unspecified atom stereocenters. The maximum absolute atomic E-state index is 12.7. The first-order valence-electron chi connectivity index (χ1n) is 10.6. The number of nitrogens with zero attached hydrogens (tertiary/aromatic N) is 1. The van der Waals surface area contributed by atoms with Gasteiger partial charge in [-0.25, -0.2) is 13.4 Å². The third-order valence-corrected chi connectivity index (χ3v) is 8.21. The van der Waals surface area contributed by atoms with Crippen molar-refractivity contribution in [1.29, 1.82) is 0 Å². The molecule has 0 saturated heterocycles. The Balaban J connectivity index is 1.34. The second-order valence-electron chi connectivity index (χ2n) is 7.46. The van der Waals surface area contributed by atoms with Crippen molar-refractivity contribution in [2.75, 3.05) is 17.1 Å². The highest BCUT2D eigenvalue weighted by molar-refractivity contribution is 8.00. The Labute approximate surface area is 212 Å². The van der Waals surface area contributed by atoms with Crippen molar-refractivity contribution >= 4 is 49.8 Å². The van der Waals surface area contributed by atoms with Gasteiger partial charge in [0, 0.05) is 21.5 Å². The molecule has 0 fully saturated rings. The summed E-state index contributed by atoms with van der Waals surface area (Å²) in [6.45, 7) is 1.81. The number of ether oxygens (including phenoxy) is 1. The van der Waals surface area contributed by atoms with Crippen LogP contribution in [0.3, 0.4) is 0 Å². The third kappa shape index (κ3) is 6.41. The van der Waals surface area contributed by atoms with Crippen LogP contribution in [-0.4, -0.2) is 31.7 Å². The SMILES string of the molecule is COc1cccc(-c2csc(NC(=O)C(C)Sc3ccc(NS(=O)(=O)c4ccccc4)cc3)n2)c1. The van der Waals surface area contributed by atoms with Crippen LogP contribution in [0.25, 0.3) is 11.3 Å². The van der Waals surface area contributed by atoms with Crippen molar-refractivity contribution in [3.05, 3.63) is 84.2 Å². The maximum Gasteiger partial charge on any atom is 0.261 e. The minimum Gasteiger partial charge on any atom is -0.497 e. The number of sulfonamides is 1. The van der Waals surface area contributed by atoms with E-state index in [1.807, 2.05) is 36.6 Å². The lowest BCUT2D eigenvalue weighted by Crippen LogP contribution is -2.22. The highest BCUT2D eigenvalue weighted by Gasteiger charge is 2.17. The van der Waals surface area contributed by atoms with Crippen LogP contribution in [0, 0.1) is 0 Å². The molecule has 0 aliphatic rings. The molecule has 4 rings (SSSR count). The summed E-state index contributed by atoms with van der Waals surface area (Å²) in [4.78, 5) is 18.2. The molecular formula is C25H23N3O4S3. The molecule has 1 aromatic heterocycles.